The summed E-state index contributed by atoms with van der Waals surface area (Å²) in [5.41, 5.74) is 0.805. The molecule has 0 saturated heterocycles. The second kappa shape index (κ2) is 9.56. The molecule has 1 atom stereocenters. The van der Waals surface area contributed by atoms with Crippen LogP contribution in [0.25, 0.3) is 10.9 Å². The molecule has 146 valence electrons. The van der Waals surface area contributed by atoms with Crippen molar-refractivity contribution in [1.82, 2.24) is 10.3 Å². The third-order valence-electron chi connectivity index (χ3n) is 3.85. The van der Waals surface area contributed by atoms with Gasteiger partial charge in [0.25, 0.3) is 5.91 Å². The van der Waals surface area contributed by atoms with Crippen molar-refractivity contribution in [2.24, 2.45) is 5.16 Å². The molecular formula is C22H25N3O3. The van der Waals surface area contributed by atoms with E-state index in [9.17, 15) is 4.79 Å². The van der Waals surface area contributed by atoms with Crippen LogP contribution in [0.15, 0.2) is 48.3 Å². The Morgan fingerprint density at radius 3 is 2.93 bits per heavy atom. The average Bonchev–Trinajstić information content (AvgIpc) is 2.68. The highest BCUT2D eigenvalue weighted by Crippen LogP contribution is 2.22. The van der Waals surface area contributed by atoms with Crippen LogP contribution in [0.4, 0.5) is 0 Å². The summed E-state index contributed by atoms with van der Waals surface area (Å²) in [6.07, 6.45) is 10.1. The van der Waals surface area contributed by atoms with Gasteiger partial charge in [0, 0.05) is 17.1 Å². The zero-order valence-electron chi connectivity index (χ0n) is 16.4. The zero-order chi connectivity index (χ0) is 20.6. The minimum absolute atomic E-state index is 0.238. The first-order chi connectivity index (χ1) is 13.4. The number of fused-ring (bicyclic) bond motifs is 1. The molecule has 1 heterocycles. The summed E-state index contributed by atoms with van der Waals surface area (Å²) in [5.74, 6) is 2.90. The Bertz CT molecular complexity index is 913. The van der Waals surface area contributed by atoms with Crippen molar-refractivity contribution in [2.45, 2.75) is 38.8 Å². The van der Waals surface area contributed by atoms with Crippen LogP contribution in [0.3, 0.4) is 0 Å². The maximum atomic E-state index is 12.7. The molecule has 0 aliphatic carbocycles. The lowest BCUT2D eigenvalue weighted by Gasteiger charge is -2.25. The number of nitrogens with one attached hydrogen (secondary N) is 1. The predicted molar refractivity (Wildman–Crippen MR) is 111 cm³/mol. The molecule has 0 aliphatic rings. The van der Waals surface area contributed by atoms with E-state index in [2.05, 4.69) is 28.0 Å². The molecule has 6 nitrogen and oxygen atoms in total. The SMILES string of the molecule is C#Cc1cnc2ccc(OC(CC)C(=O)NC(C)(C)/C=N\OCC=C)cc2c1. The second-order valence-electron chi connectivity index (χ2n) is 6.77. The summed E-state index contributed by atoms with van der Waals surface area (Å²) in [5, 5.41) is 7.59. The van der Waals surface area contributed by atoms with Gasteiger partial charge in [-0.3, -0.25) is 9.78 Å². The number of hydrogen-bond donors (Lipinski definition) is 1. The quantitative estimate of drug-likeness (QED) is 0.238. The van der Waals surface area contributed by atoms with Crippen molar-refractivity contribution in [3.8, 4) is 18.1 Å². The van der Waals surface area contributed by atoms with Crippen LogP contribution < -0.4 is 10.1 Å². The molecule has 0 saturated carbocycles. The van der Waals surface area contributed by atoms with Gasteiger partial charge in [0.1, 0.15) is 12.4 Å². The third kappa shape index (κ3) is 5.85. The van der Waals surface area contributed by atoms with Crippen molar-refractivity contribution in [3.05, 3.63) is 48.7 Å². The van der Waals surface area contributed by atoms with Gasteiger partial charge in [0.15, 0.2) is 6.10 Å². The fraction of sp³-hybridized carbons (Fsp3) is 0.318. The number of aromatic nitrogens is 1. The van der Waals surface area contributed by atoms with Gasteiger partial charge in [-0.05, 0) is 44.5 Å². The number of benzene rings is 1. The van der Waals surface area contributed by atoms with Gasteiger partial charge in [-0.1, -0.05) is 30.7 Å². The van der Waals surface area contributed by atoms with E-state index in [-0.39, 0.29) is 5.91 Å². The average molecular weight is 379 g/mol. The van der Waals surface area contributed by atoms with E-state index in [1.165, 1.54) is 6.21 Å². The van der Waals surface area contributed by atoms with Crippen LogP contribution in [-0.4, -0.2) is 35.4 Å². The topological polar surface area (TPSA) is 72.8 Å². The van der Waals surface area contributed by atoms with E-state index in [0.29, 0.717) is 24.3 Å². The Balaban J connectivity index is 2.09. The lowest BCUT2D eigenvalue weighted by atomic mass is 10.1. The fourth-order valence-electron chi connectivity index (χ4n) is 2.44. The number of pyridine rings is 1. The molecular weight excluding hydrogens is 354 g/mol. The Morgan fingerprint density at radius 2 is 2.25 bits per heavy atom. The van der Waals surface area contributed by atoms with Crippen LogP contribution in [0.5, 0.6) is 5.75 Å². The van der Waals surface area contributed by atoms with Crippen molar-refractivity contribution in [2.75, 3.05) is 6.61 Å². The molecule has 2 aromatic rings. The van der Waals surface area contributed by atoms with Crippen molar-refractivity contribution >= 4 is 23.0 Å². The molecule has 0 radical (unpaired) electrons. The van der Waals surface area contributed by atoms with Gasteiger partial charge < -0.3 is 14.9 Å². The first-order valence-corrected chi connectivity index (χ1v) is 9.01. The molecule has 0 spiro atoms. The normalized spacial score (nSPS) is 12.4. The summed E-state index contributed by atoms with van der Waals surface area (Å²) in [4.78, 5) is 22.0. The number of nitrogens with zero attached hydrogens (tertiary/aromatic N) is 2. The monoisotopic (exact) mass is 379 g/mol. The van der Waals surface area contributed by atoms with Crippen molar-refractivity contribution in [3.63, 3.8) is 0 Å². The zero-order valence-corrected chi connectivity index (χ0v) is 16.4. The standard InChI is InChI=1S/C22H25N3O3/c1-6-11-27-24-15-22(4,5)25-21(26)20(8-3)28-18-9-10-19-17(13-18)12-16(7-2)14-23-19/h2,6,9-10,12-15,20H,1,8,11H2,3-5H3,(H,25,26)/b24-15-. The Kier molecular flexibility index (Phi) is 7.16. The number of amides is 1. The van der Waals surface area contributed by atoms with E-state index in [1.54, 1.807) is 18.3 Å². The van der Waals surface area contributed by atoms with E-state index in [1.807, 2.05) is 39.0 Å². The lowest BCUT2D eigenvalue weighted by molar-refractivity contribution is -0.129. The van der Waals surface area contributed by atoms with Gasteiger partial charge >= 0.3 is 0 Å². The van der Waals surface area contributed by atoms with Crippen LogP contribution >= 0.6 is 0 Å². The third-order valence-corrected chi connectivity index (χ3v) is 3.85. The minimum atomic E-state index is -0.690. The van der Waals surface area contributed by atoms with Gasteiger partial charge in [-0.15, -0.1) is 6.42 Å². The number of oxime groups is 1. The van der Waals surface area contributed by atoms with Crippen molar-refractivity contribution in [1.29, 1.82) is 0 Å². The second-order valence-corrected chi connectivity index (χ2v) is 6.77. The summed E-state index contributed by atoms with van der Waals surface area (Å²) in [6, 6.07) is 7.31. The van der Waals surface area contributed by atoms with Crippen LogP contribution in [0, 0.1) is 12.3 Å². The number of ether oxygens (including phenoxy) is 1. The maximum Gasteiger partial charge on any atom is 0.261 e. The highest BCUT2D eigenvalue weighted by atomic mass is 16.6. The van der Waals surface area contributed by atoms with Crippen LogP contribution in [0.1, 0.15) is 32.8 Å². The van der Waals surface area contributed by atoms with Crippen LogP contribution in [-0.2, 0) is 9.63 Å². The highest BCUT2D eigenvalue weighted by molar-refractivity contribution is 5.86. The first kappa shape index (κ1) is 21.0. The molecule has 2 rings (SSSR count). The molecule has 1 aromatic heterocycles. The van der Waals surface area contributed by atoms with Gasteiger partial charge in [-0.25, -0.2) is 0 Å². The molecule has 0 bridgehead atoms. The van der Waals surface area contributed by atoms with Gasteiger partial charge in [0.2, 0.25) is 0 Å². The number of hydrogen-bond acceptors (Lipinski definition) is 5. The molecule has 1 unspecified atom stereocenters. The number of carbonyl (C=O) groups excluding carboxylic acids is 1. The Hall–Kier alpha value is -3.33. The van der Waals surface area contributed by atoms with E-state index < -0.39 is 11.6 Å². The Morgan fingerprint density at radius 1 is 1.46 bits per heavy atom. The fourth-order valence-corrected chi connectivity index (χ4v) is 2.44. The molecule has 6 heteroatoms. The minimum Gasteiger partial charge on any atom is -0.481 e. The highest BCUT2D eigenvalue weighted by Gasteiger charge is 2.25. The summed E-state index contributed by atoms with van der Waals surface area (Å²) in [6.45, 7) is 9.38. The van der Waals surface area contributed by atoms with Gasteiger partial charge in [-0.2, -0.15) is 0 Å². The first-order valence-electron chi connectivity index (χ1n) is 9.01. The lowest BCUT2D eigenvalue weighted by Crippen LogP contribution is -2.50. The maximum absolute atomic E-state index is 12.7. The smallest absolute Gasteiger partial charge is 0.261 e. The largest absolute Gasteiger partial charge is 0.481 e. The molecule has 0 aliphatic heterocycles. The summed E-state index contributed by atoms with van der Waals surface area (Å²) in [7, 11) is 0. The van der Waals surface area contributed by atoms with E-state index in [0.717, 1.165) is 10.9 Å². The Labute approximate surface area is 165 Å². The van der Waals surface area contributed by atoms with E-state index in [4.69, 9.17) is 16.0 Å². The molecule has 1 amide bonds. The molecule has 0 fully saturated rings. The molecule has 1 N–H and O–H groups in total. The van der Waals surface area contributed by atoms with Gasteiger partial charge in [0.05, 0.1) is 17.3 Å². The van der Waals surface area contributed by atoms with Crippen molar-refractivity contribution < 1.29 is 14.4 Å². The summed E-state index contributed by atoms with van der Waals surface area (Å²) >= 11 is 0. The van der Waals surface area contributed by atoms with Crippen LogP contribution in [0.2, 0.25) is 0 Å². The molecule has 28 heavy (non-hydrogen) atoms. The number of carbonyl (C=O) groups is 1. The van der Waals surface area contributed by atoms with E-state index >= 15 is 0 Å². The number of terminal acetylenes is 1. The number of rotatable bonds is 9. The molecule has 1 aromatic carbocycles. The predicted octanol–water partition coefficient (Wildman–Crippen LogP) is 3.46. The summed E-state index contributed by atoms with van der Waals surface area (Å²) < 4.78 is 5.92.